The summed E-state index contributed by atoms with van der Waals surface area (Å²) in [6.07, 6.45) is 1.03. The van der Waals surface area contributed by atoms with Gasteiger partial charge in [-0.3, -0.25) is 0 Å². The number of benzene rings is 1. The summed E-state index contributed by atoms with van der Waals surface area (Å²) in [4.78, 5) is 0. The summed E-state index contributed by atoms with van der Waals surface area (Å²) >= 11 is 0. The highest BCUT2D eigenvalue weighted by molar-refractivity contribution is 5.29. The fourth-order valence-corrected chi connectivity index (χ4v) is 2.00. The standard InChI is InChI=1S/C15H25NO2/c1-15(2,12-16-8-9-17-3)11-13-6-5-7-14(10-13)18-4/h5-7,10,16H,8-9,11-12H2,1-4H3. The molecule has 18 heavy (non-hydrogen) atoms. The maximum Gasteiger partial charge on any atom is 0.119 e. The minimum Gasteiger partial charge on any atom is -0.497 e. The largest absolute Gasteiger partial charge is 0.497 e. The Hall–Kier alpha value is -1.06. The fourth-order valence-electron chi connectivity index (χ4n) is 2.00. The molecule has 1 N–H and O–H groups in total. The van der Waals surface area contributed by atoms with Crippen LogP contribution in [-0.2, 0) is 11.2 Å². The van der Waals surface area contributed by atoms with Gasteiger partial charge in [-0.1, -0.05) is 26.0 Å². The van der Waals surface area contributed by atoms with E-state index in [-0.39, 0.29) is 5.41 Å². The molecule has 1 rings (SSSR count). The van der Waals surface area contributed by atoms with E-state index in [0.717, 1.165) is 31.9 Å². The molecule has 0 saturated heterocycles. The third-order valence-corrected chi connectivity index (χ3v) is 2.90. The predicted molar refractivity (Wildman–Crippen MR) is 75.2 cm³/mol. The molecule has 0 spiro atoms. The number of hydrogen-bond acceptors (Lipinski definition) is 3. The molecule has 3 nitrogen and oxygen atoms in total. The first-order valence-electron chi connectivity index (χ1n) is 6.40. The molecule has 1 aromatic carbocycles. The Morgan fingerprint density at radius 3 is 2.67 bits per heavy atom. The van der Waals surface area contributed by atoms with Crippen LogP contribution in [0.15, 0.2) is 24.3 Å². The topological polar surface area (TPSA) is 30.5 Å². The number of nitrogens with one attached hydrogen (secondary N) is 1. The summed E-state index contributed by atoms with van der Waals surface area (Å²) in [5.74, 6) is 0.927. The van der Waals surface area contributed by atoms with Crippen molar-refractivity contribution in [3.05, 3.63) is 29.8 Å². The molecule has 0 saturated carbocycles. The lowest BCUT2D eigenvalue weighted by Gasteiger charge is -2.25. The molecule has 0 radical (unpaired) electrons. The monoisotopic (exact) mass is 251 g/mol. The molecule has 0 aliphatic rings. The molecule has 3 heteroatoms. The second-order valence-corrected chi connectivity index (χ2v) is 5.36. The highest BCUT2D eigenvalue weighted by Gasteiger charge is 2.18. The van der Waals surface area contributed by atoms with Gasteiger partial charge in [0.1, 0.15) is 5.75 Å². The quantitative estimate of drug-likeness (QED) is 0.720. The molecule has 0 aromatic heterocycles. The van der Waals surface area contributed by atoms with Gasteiger partial charge in [0.25, 0.3) is 0 Å². The molecule has 0 aliphatic heterocycles. The molecule has 102 valence electrons. The zero-order valence-electron chi connectivity index (χ0n) is 12.0. The maximum atomic E-state index is 5.25. The molecule has 0 aliphatic carbocycles. The zero-order chi connectivity index (χ0) is 13.4. The van der Waals surface area contributed by atoms with Gasteiger partial charge >= 0.3 is 0 Å². The third kappa shape index (κ3) is 5.52. The van der Waals surface area contributed by atoms with Crippen molar-refractivity contribution in [1.82, 2.24) is 5.32 Å². The van der Waals surface area contributed by atoms with Gasteiger partial charge in [-0.15, -0.1) is 0 Å². The van der Waals surface area contributed by atoms with Crippen LogP contribution in [0.3, 0.4) is 0 Å². The molecule has 0 fully saturated rings. The first-order valence-corrected chi connectivity index (χ1v) is 6.40. The summed E-state index contributed by atoms with van der Waals surface area (Å²) in [5.41, 5.74) is 1.54. The van der Waals surface area contributed by atoms with Gasteiger partial charge < -0.3 is 14.8 Å². The van der Waals surface area contributed by atoms with Crippen LogP contribution in [0.2, 0.25) is 0 Å². The number of methoxy groups -OCH3 is 2. The first kappa shape index (κ1) is 15.0. The van der Waals surface area contributed by atoms with Crippen molar-refractivity contribution in [2.45, 2.75) is 20.3 Å². The van der Waals surface area contributed by atoms with Gasteiger partial charge in [0, 0.05) is 20.2 Å². The lowest BCUT2D eigenvalue weighted by atomic mass is 9.85. The molecule has 1 aromatic rings. The van der Waals surface area contributed by atoms with Gasteiger partial charge in [-0.25, -0.2) is 0 Å². The summed E-state index contributed by atoms with van der Waals surface area (Å²) in [6.45, 7) is 7.18. The maximum absolute atomic E-state index is 5.25. The van der Waals surface area contributed by atoms with Crippen LogP contribution in [0.5, 0.6) is 5.75 Å². The second-order valence-electron chi connectivity index (χ2n) is 5.36. The Bertz CT molecular complexity index is 350. The lowest BCUT2D eigenvalue weighted by molar-refractivity contribution is 0.194. The van der Waals surface area contributed by atoms with Crippen LogP contribution in [-0.4, -0.2) is 33.9 Å². The summed E-state index contributed by atoms with van der Waals surface area (Å²) in [7, 11) is 3.43. The summed E-state index contributed by atoms with van der Waals surface area (Å²) < 4.78 is 10.3. The van der Waals surface area contributed by atoms with E-state index in [1.807, 2.05) is 12.1 Å². The Morgan fingerprint density at radius 1 is 1.22 bits per heavy atom. The second kappa shape index (κ2) is 7.39. The highest BCUT2D eigenvalue weighted by atomic mass is 16.5. The predicted octanol–water partition coefficient (Wildman–Crippen LogP) is 2.50. The van der Waals surface area contributed by atoms with E-state index in [0.29, 0.717) is 0 Å². The van der Waals surface area contributed by atoms with E-state index < -0.39 is 0 Å². The van der Waals surface area contributed by atoms with Gasteiger partial charge in [-0.2, -0.15) is 0 Å². The highest BCUT2D eigenvalue weighted by Crippen LogP contribution is 2.23. The van der Waals surface area contributed by atoms with E-state index in [2.05, 4.69) is 31.3 Å². The number of rotatable bonds is 8. The van der Waals surface area contributed by atoms with Crippen molar-refractivity contribution in [3.8, 4) is 5.75 Å². The van der Waals surface area contributed by atoms with Gasteiger partial charge in [0.05, 0.1) is 13.7 Å². The van der Waals surface area contributed by atoms with Crippen molar-refractivity contribution in [2.75, 3.05) is 33.9 Å². The molecular formula is C15H25NO2. The Balaban J connectivity index is 2.47. The van der Waals surface area contributed by atoms with E-state index in [1.165, 1.54) is 5.56 Å². The summed E-state index contributed by atoms with van der Waals surface area (Å²) in [6, 6.07) is 8.28. The van der Waals surface area contributed by atoms with Gasteiger partial charge in [0.15, 0.2) is 0 Å². The van der Waals surface area contributed by atoms with Crippen LogP contribution < -0.4 is 10.1 Å². The lowest BCUT2D eigenvalue weighted by Crippen LogP contribution is -2.33. The van der Waals surface area contributed by atoms with Crippen LogP contribution in [0, 0.1) is 5.41 Å². The zero-order valence-corrected chi connectivity index (χ0v) is 12.0. The van der Waals surface area contributed by atoms with Crippen molar-refractivity contribution in [2.24, 2.45) is 5.41 Å². The van der Waals surface area contributed by atoms with Crippen molar-refractivity contribution in [3.63, 3.8) is 0 Å². The van der Waals surface area contributed by atoms with Gasteiger partial charge in [0.2, 0.25) is 0 Å². The number of hydrogen-bond donors (Lipinski definition) is 1. The molecule has 0 amide bonds. The Kier molecular flexibility index (Phi) is 6.16. The van der Waals surface area contributed by atoms with E-state index in [4.69, 9.17) is 9.47 Å². The van der Waals surface area contributed by atoms with Crippen LogP contribution in [0.4, 0.5) is 0 Å². The minimum atomic E-state index is 0.222. The fraction of sp³-hybridized carbons (Fsp3) is 0.600. The van der Waals surface area contributed by atoms with E-state index in [1.54, 1.807) is 14.2 Å². The average molecular weight is 251 g/mol. The van der Waals surface area contributed by atoms with Crippen LogP contribution in [0.1, 0.15) is 19.4 Å². The van der Waals surface area contributed by atoms with Crippen molar-refractivity contribution in [1.29, 1.82) is 0 Å². The molecule has 0 unspecified atom stereocenters. The SMILES string of the molecule is COCCNCC(C)(C)Cc1cccc(OC)c1. The molecular weight excluding hydrogens is 226 g/mol. The van der Waals surface area contributed by atoms with Crippen LogP contribution in [0.25, 0.3) is 0 Å². The normalized spacial score (nSPS) is 11.6. The van der Waals surface area contributed by atoms with E-state index in [9.17, 15) is 0 Å². The minimum absolute atomic E-state index is 0.222. The smallest absolute Gasteiger partial charge is 0.119 e. The van der Waals surface area contributed by atoms with Crippen molar-refractivity contribution >= 4 is 0 Å². The Labute approximate surface area is 110 Å². The molecule has 0 atom stereocenters. The third-order valence-electron chi connectivity index (χ3n) is 2.90. The number of ether oxygens (including phenoxy) is 2. The average Bonchev–Trinajstić information content (AvgIpc) is 2.34. The van der Waals surface area contributed by atoms with Crippen LogP contribution >= 0.6 is 0 Å². The molecule has 0 bridgehead atoms. The van der Waals surface area contributed by atoms with Gasteiger partial charge in [-0.05, 0) is 29.5 Å². The summed E-state index contributed by atoms with van der Waals surface area (Å²) in [5, 5.41) is 3.42. The van der Waals surface area contributed by atoms with Crippen molar-refractivity contribution < 1.29 is 9.47 Å². The Morgan fingerprint density at radius 2 is 2.00 bits per heavy atom. The first-order chi connectivity index (χ1) is 8.57. The molecule has 0 heterocycles. The van der Waals surface area contributed by atoms with E-state index >= 15 is 0 Å².